The van der Waals surface area contributed by atoms with Gasteiger partial charge in [0.15, 0.2) is 0 Å². The molecule has 0 aliphatic heterocycles. The number of ether oxygens (including phenoxy) is 1. The summed E-state index contributed by atoms with van der Waals surface area (Å²) in [6.45, 7) is 3.33. The summed E-state index contributed by atoms with van der Waals surface area (Å²) < 4.78 is 5.02. The van der Waals surface area contributed by atoms with Crippen molar-refractivity contribution in [3.63, 3.8) is 0 Å². The summed E-state index contributed by atoms with van der Waals surface area (Å²) in [5, 5.41) is 18.4. The molecule has 0 saturated carbocycles. The largest absolute Gasteiger partial charge is 0.497 e. The Morgan fingerprint density at radius 3 is 2.00 bits per heavy atom. The molecular formula is C15H18O5. The lowest BCUT2D eigenvalue weighted by atomic mass is 9.93. The van der Waals surface area contributed by atoms with Gasteiger partial charge in [-0.25, -0.2) is 9.59 Å². The van der Waals surface area contributed by atoms with Crippen molar-refractivity contribution < 1.29 is 24.5 Å². The number of carboxylic acids is 2. The van der Waals surface area contributed by atoms with Crippen molar-refractivity contribution in [2.75, 3.05) is 7.11 Å². The molecule has 0 radical (unpaired) electrons. The third-order valence-corrected chi connectivity index (χ3v) is 2.93. The molecule has 0 atom stereocenters. The predicted molar refractivity (Wildman–Crippen MR) is 73.8 cm³/mol. The summed E-state index contributed by atoms with van der Waals surface area (Å²) in [5.74, 6) is -2.09. The molecule has 0 bridgehead atoms. The molecular weight excluding hydrogens is 260 g/mol. The van der Waals surface area contributed by atoms with E-state index in [1.54, 1.807) is 45.2 Å². The first-order valence-corrected chi connectivity index (χ1v) is 6.19. The normalized spacial score (nSPS) is 12.0. The van der Waals surface area contributed by atoms with Crippen molar-refractivity contribution in [1.82, 2.24) is 0 Å². The highest BCUT2D eigenvalue weighted by molar-refractivity contribution is 5.99. The molecule has 0 heterocycles. The third-order valence-electron chi connectivity index (χ3n) is 2.93. The number of benzene rings is 1. The van der Waals surface area contributed by atoms with E-state index in [1.165, 1.54) is 0 Å². The number of aliphatic carboxylic acids is 2. The Morgan fingerprint density at radius 1 is 1.10 bits per heavy atom. The molecule has 20 heavy (non-hydrogen) atoms. The number of hydrogen-bond acceptors (Lipinski definition) is 3. The SMILES string of the molecule is COc1ccc(CC(C(=O)O)=C(C(=O)O)C(C)C)cc1. The van der Waals surface area contributed by atoms with E-state index in [2.05, 4.69) is 0 Å². The van der Waals surface area contributed by atoms with Gasteiger partial charge in [0.25, 0.3) is 0 Å². The highest BCUT2D eigenvalue weighted by Crippen LogP contribution is 2.21. The van der Waals surface area contributed by atoms with Crippen molar-refractivity contribution in [1.29, 1.82) is 0 Å². The summed E-state index contributed by atoms with van der Waals surface area (Å²) in [7, 11) is 1.54. The average molecular weight is 278 g/mol. The van der Waals surface area contributed by atoms with Gasteiger partial charge in [0, 0.05) is 6.42 Å². The van der Waals surface area contributed by atoms with Crippen molar-refractivity contribution in [2.45, 2.75) is 20.3 Å². The molecule has 0 aromatic heterocycles. The van der Waals surface area contributed by atoms with Crippen LogP contribution in [0.4, 0.5) is 0 Å². The minimum atomic E-state index is -1.20. The van der Waals surface area contributed by atoms with Crippen LogP contribution in [0, 0.1) is 5.92 Å². The standard InChI is InChI=1S/C15H18O5/c1-9(2)13(15(18)19)12(14(16)17)8-10-4-6-11(20-3)7-5-10/h4-7,9H,8H2,1-3H3,(H,16,17)(H,18,19). The maximum Gasteiger partial charge on any atom is 0.332 e. The number of carbonyl (C=O) groups is 2. The second-order valence-electron chi connectivity index (χ2n) is 4.68. The summed E-state index contributed by atoms with van der Waals surface area (Å²) in [6, 6.07) is 6.87. The van der Waals surface area contributed by atoms with Gasteiger partial charge in [0.1, 0.15) is 5.75 Å². The van der Waals surface area contributed by atoms with Gasteiger partial charge >= 0.3 is 11.9 Å². The molecule has 1 aromatic rings. The molecule has 5 heteroatoms. The van der Waals surface area contributed by atoms with E-state index < -0.39 is 11.9 Å². The zero-order valence-corrected chi connectivity index (χ0v) is 11.7. The molecule has 0 aliphatic carbocycles. The Balaban J connectivity index is 3.17. The van der Waals surface area contributed by atoms with E-state index in [1.807, 2.05) is 0 Å². The van der Waals surface area contributed by atoms with Crippen LogP contribution in [0.5, 0.6) is 5.75 Å². The summed E-state index contributed by atoms with van der Waals surface area (Å²) in [4.78, 5) is 22.6. The topological polar surface area (TPSA) is 83.8 Å². The van der Waals surface area contributed by atoms with Crippen LogP contribution in [-0.4, -0.2) is 29.3 Å². The van der Waals surface area contributed by atoms with Crippen LogP contribution in [-0.2, 0) is 16.0 Å². The number of rotatable bonds is 6. The van der Waals surface area contributed by atoms with Crippen molar-refractivity contribution in [3.05, 3.63) is 41.0 Å². The molecule has 5 nitrogen and oxygen atoms in total. The van der Waals surface area contributed by atoms with Gasteiger partial charge < -0.3 is 14.9 Å². The monoisotopic (exact) mass is 278 g/mol. The molecule has 0 aliphatic rings. The van der Waals surface area contributed by atoms with Crippen LogP contribution in [0.25, 0.3) is 0 Å². The smallest absolute Gasteiger partial charge is 0.332 e. The molecule has 0 fully saturated rings. The highest BCUT2D eigenvalue weighted by atomic mass is 16.5. The quantitative estimate of drug-likeness (QED) is 0.780. The van der Waals surface area contributed by atoms with Gasteiger partial charge in [0.2, 0.25) is 0 Å². The molecule has 0 spiro atoms. The zero-order chi connectivity index (χ0) is 15.3. The Morgan fingerprint density at radius 2 is 1.65 bits per heavy atom. The van der Waals surface area contributed by atoms with Crippen LogP contribution >= 0.6 is 0 Å². The van der Waals surface area contributed by atoms with Gasteiger partial charge in [-0.15, -0.1) is 0 Å². The van der Waals surface area contributed by atoms with E-state index in [9.17, 15) is 19.8 Å². The average Bonchev–Trinajstić information content (AvgIpc) is 2.37. The van der Waals surface area contributed by atoms with Gasteiger partial charge in [-0.3, -0.25) is 0 Å². The van der Waals surface area contributed by atoms with Crippen LogP contribution in [0.1, 0.15) is 19.4 Å². The van der Waals surface area contributed by atoms with Gasteiger partial charge in [-0.05, 0) is 23.6 Å². The van der Waals surface area contributed by atoms with Crippen molar-refractivity contribution in [3.8, 4) is 5.75 Å². The van der Waals surface area contributed by atoms with Gasteiger partial charge in [-0.1, -0.05) is 26.0 Å². The maximum absolute atomic E-state index is 11.3. The van der Waals surface area contributed by atoms with E-state index in [-0.39, 0.29) is 23.5 Å². The van der Waals surface area contributed by atoms with E-state index in [0.717, 1.165) is 5.56 Å². The van der Waals surface area contributed by atoms with Crippen LogP contribution in [0.15, 0.2) is 35.4 Å². The molecule has 108 valence electrons. The number of hydrogen-bond donors (Lipinski definition) is 2. The summed E-state index contributed by atoms with van der Waals surface area (Å²) >= 11 is 0. The predicted octanol–water partition coefficient (Wildman–Crippen LogP) is 2.36. The van der Waals surface area contributed by atoms with Gasteiger partial charge in [0.05, 0.1) is 18.3 Å². The van der Waals surface area contributed by atoms with Crippen LogP contribution < -0.4 is 4.74 Å². The van der Waals surface area contributed by atoms with Crippen molar-refractivity contribution >= 4 is 11.9 Å². The van der Waals surface area contributed by atoms with Crippen LogP contribution in [0.2, 0.25) is 0 Å². The lowest BCUT2D eigenvalue weighted by Crippen LogP contribution is -2.17. The Bertz CT molecular complexity index is 526. The Kier molecular flexibility index (Phi) is 5.32. The van der Waals surface area contributed by atoms with E-state index >= 15 is 0 Å². The summed E-state index contributed by atoms with van der Waals surface area (Å²) in [6.07, 6.45) is 0.0686. The first-order valence-electron chi connectivity index (χ1n) is 6.19. The molecule has 1 aromatic carbocycles. The molecule has 0 unspecified atom stereocenters. The fourth-order valence-corrected chi connectivity index (χ4v) is 1.96. The fraction of sp³-hybridized carbons (Fsp3) is 0.333. The molecule has 1 rings (SSSR count). The van der Waals surface area contributed by atoms with E-state index in [4.69, 9.17) is 4.74 Å². The summed E-state index contributed by atoms with van der Waals surface area (Å²) in [5.41, 5.74) is 0.577. The molecule has 0 amide bonds. The fourth-order valence-electron chi connectivity index (χ4n) is 1.96. The van der Waals surface area contributed by atoms with Crippen LogP contribution in [0.3, 0.4) is 0 Å². The minimum absolute atomic E-state index is 0.0617. The van der Waals surface area contributed by atoms with E-state index in [0.29, 0.717) is 5.75 Å². The molecule has 2 N–H and O–H groups in total. The maximum atomic E-state index is 11.3. The van der Waals surface area contributed by atoms with Gasteiger partial charge in [-0.2, -0.15) is 0 Å². The highest BCUT2D eigenvalue weighted by Gasteiger charge is 2.22. The Hall–Kier alpha value is -2.30. The lowest BCUT2D eigenvalue weighted by molar-refractivity contribution is -0.136. The zero-order valence-electron chi connectivity index (χ0n) is 11.7. The third kappa shape index (κ3) is 3.85. The lowest BCUT2D eigenvalue weighted by Gasteiger charge is -2.12. The number of methoxy groups -OCH3 is 1. The minimum Gasteiger partial charge on any atom is -0.497 e. The Labute approximate surface area is 117 Å². The molecule has 0 saturated heterocycles. The second-order valence-corrected chi connectivity index (χ2v) is 4.68. The first kappa shape index (κ1) is 15.8. The van der Waals surface area contributed by atoms with Crippen molar-refractivity contribution in [2.24, 2.45) is 5.92 Å². The second kappa shape index (κ2) is 6.75. The number of carboxylic acid groups (broad SMARTS) is 2. The first-order chi connectivity index (χ1) is 9.36.